The summed E-state index contributed by atoms with van der Waals surface area (Å²) in [6.07, 6.45) is 3.39. The number of carbonyl (C=O) groups excluding carboxylic acids is 1. The average molecular weight is 432 g/mol. The molecule has 3 atom stereocenters. The normalized spacial score (nSPS) is 24.8. The van der Waals surface area contributed by atoms with Crippen molar-refractivity contribution >= 4 is 30.7 Å². The van der Waals surface area contributed by atoms with E-state index in [9.17, 15) is 4.79 Å². The maximum absolute atomic E-state index is 12.7. The Labute approximate surface area is 181 Å². The van der Waals surface area contributed by atoms with Gasteiger partial charge in [-0.1, -0.05) is 30.3 Å². The molecule has 5 nitrogen and oxygen atoms in total. The molecular weight excluding hydrogens is 397 g/mol. The first-order chi connectivity index (χ1) is 12.5. The first-order valence-electron chi connectivity index (χ1n) is 9.97. The minimum atomic E-state index is -0.435. The molecule has 1 aromatic carbocycles. The van der Waals surface area contributed by atoms with E-state index >= 15 is 0 Å². The summed E-state index contributed by atoms with van der Waals surface area (Å²) < 4.78 is 5.82. The second kappa shape index (κ2) is 12.0. The van der Waals surface area contributed by atoms with Crippen molar-refractivity contribution in [3.63, 3.8) is 0 Å². The van der Waals surface area contributed by atoms with Gasteiger partial charge in [0.25, 0.3) is 0 Å². The van der Waals surface area contributed by atoms with Crippen LogP contribution in [0.1, 0.15) is 32.3 Å². The molecular formula is C21H35Cl2N3O2. The van der Waals surface area contributed by atoms with Gasteiger partial charge in [0.05, 0.1) is 18.2 Å². The molecule has 1 aromatic rings. The zero-order valence-electron chi connectivity index (χ0n) is 17.0. The number of halogens is 2. The van der Waals surface area contributed by atoms with Gasteiger partial charge in [-0.25, -0.2) is 0 Å². The first-order valence-corrected chi connectivity index (χ1v) is 9.97. The van der Waals surface area contributed by atoms with E-state index in [1.807, 2.05) is 35.2 Å². The summed E-state index contributed by atoms with van der Waals surface area (Å²) in [4.78, 5) is 17.2. The third-order valence-electron chi connectivity index (χ3n) is 5.55. The van der Waals surface area contributed by atoms with Gasteiger partial charge in [-0.05, 0) is 44.6 Å². The highest BCUT2D eigenvalue weighted by molar-refractivity contribution is 5.85. The molecule has 0 radical (unpaired) electrons. The number of nitrogens with zero attached hydrogens (tertiary/aromatic N) is 2. The van der Waals surface area contributed by atoms with Gasteiger partial charge in [0.2, 0.25) is 5.91 Å². The van der Waals surface area contributed by atoms with Gasteiger partial charge in [0.15, 0.2) is 0 Å². The summed E-state index contributed by atoms with van der Waals surface area (Å²) in [6.45, 7) is 9.13. The second-order valence-corrected chi connectivity index (χ2v) is 8.04. The highest BCUT2D eigenvalue weighted by Gasteiger charge is 2.29. The van der Waals surface area contributed by atoms with Crippen LogP contribution in [-0.4, -0.2) is 66.7 Å². The lowest BCUT2D eigenvalue weighted by Crippen LogP contribution is -2.51. The van der Waals surface area contributed by atoms with Gasteiger partial charge < -0.3 is 15.4 Å². The highest BCUT2D eigenvalue weighted by atomic mass is 35.5. The summed E-state index contributed by atoms with van der Waals surface area (Å²) >= 11 is 0. The molecule has 2 aliphatic heterocycles. The Morgan fingerprint density at radius 1 is 1.11 bits per heavy atom. The van der Waals surface area contributed by atoms with E-state index in [0.29, 0.717) is 24.5 Å². The van der Waals surface area contributed by atoms with Crippen LogP contribution in [0.3, 0.4) is 0 Å². The van der Waals surface area contributed by atoms with Crippen molar-refractivity contribution in [2.45, 2.75) is 51.4 Å². The minimum Gasteiger partial charge on any atom is -0.373 e. The molecule has 3 rings (SSSR count). The van der Waals surface area contributed by atoms with Crippen LogP contribution in [0.25, 0.3) is 0 Å². The number of morpholine rings is 1. The van der Waals surface area contributed by atoms with E-state index in [1.54, 1.807) is 0 Å². The highest BCUT2D eigenvalue weighted by Crippen LogP contribution is 2.21. The van der Waals surface area contributed by atoms with Gasteiger partial charge in [0.1, 0.15) is 0 Å². The maximum Gasteiger partial charge on any atom is 0.239 e. The molecule has 7 heteroatoms. The number of piperidine rings is 1. The molecule has 2 heterocycles. The SMILES string of the molecule is CC1CN(CC2CCN(C(=O)C(N)Cc3ccccc3)CC2)CC(C)O1.Cl.Cl. The van der Waals surface area contributed by atoms with Crippen LogP contribution >= 0.6 is 24.8 Å². The molecule has 3 unspecified atom stereocenters. The van der Waals surface area contributed by atoms with E-state index in [0.717, 1.165) is 51.1 Å². The maximum atomic E-state index is 12.7. The van der Waals surface area contributed by atoms with Crippen molar-refractivity contribution in [3.8, 4) is 0 Å². The van der Waals surface area contributed by atoms with Crippen molar-refractivity contribution in [2.24, 2.45) is 11.7 Å². The number of amides is 1. The Morgan fingerprint density at radius 3 is 2.25 bits per heavy atom. The number of hydrogen-bond acceptors (Lipinski definition) is 4. The van der Waals surface area contributed by atoms with Crippen LogP contribution in [0.15, 0.2) is 30.3 Å². The topological polar surface area (TPSA) is 58.8 Å². The van der Waals surface area contributed by atoms with E-state index < -0.39 is 6.04 Å². The molecule has 0 aliphatic carbocycles. The Kier molecular flexibility index (Phi) is 10.8. The van der Waals surface area contributed by atoms with Crippen LogP contribution in [0.5, 0.6) is 0 Å². The summed E-state index contributed by atoms with van der Waals surface area (Å²) in [7, 11) is 0. The fraction of sp³-hybridized carbons (Fsp3) is 0.667. The van der Waals surface area contributed by atoms with Crippen molar-refractivity contribution in [3.05, 3.63) is 35.9 Å². The van der Waals surface area contributed by atoms with Gasteiger partial charge in [-0.2, -0.15) is 0 Å². The molecule has 1 amide bonds. The van der Waals surface area contributed by atoms with Gasteiger partial charge in [0, 0.05) is 32.7 Å². The van der Waals surface area contributed by atoms with Crippen LogP contribution in [0.2, 0.25) is 0 Å². The van der Waals surface area contributed by atoms with Crippen molar-refractivity contribution in [1.29, 1.82) is 0 Å². The van der Waals surface area contributed by atoms with Crippen LogP contribution in [0, 0.1) is 5.92 Å². The number of rotatable bonds is 5. The third kappa shape index (κ3) is 7.20. The number of nitrogens with two attached hydrogens (primary N) is 1. The fourth-order valence-electron chi connectivity index (χ4n) is 4.32. The molecule has 0 bridgehead atoms. The van der Waals surface area contributed by atoms with Crippen LogP contribution in [0.4, 0.5) is 0 Å². The molecule has 160 valence electrons. The minimum absolute atomic E-state index is 0. The Balaban J connectivity index is 0.00000196. The van der Waals surface area contributed by atoms with Crippen molar-refractivity contribution in [1.82, 2.24) is 9.80 Å². The number of ether oxygens (including phenoxy) is 1. The van der Waals surface area contributed by atoms with E-state index in [4.69, 9.17) is 10.5 Å². The summed E-state index contributed by atoms with van der Waals surface area (Å²) in [5.41, 5.74) is 7.31. The lowest BCUT2D eigenvalue weighted by Gasteiger charge is -2.39. The van der Waals surface area contributed by atoms with Gasteiger partial charge >= 0.3 is 0 Å². The summed E-state index contributed by atoms with van der Waals surface area (Å²) in [5, 5.41) is 0. The Bertz CT molecular complexity index is 572. The smallest absolute Gasteiger partial charge is 0.239 e. The largest absolute Gasteiger partial charge is 0.373 e. The van der Waals surface area contributed by atoms with E-state index in [2.05, 4.69) is 18.7 Å². The Morgan fingerprint density at radius 2 is 1.68 bits per heavy atom. The molecule has 2 N–H and O–H groups in total. The van der Waals surface area contributed by atoms with Crippen LogP contribution in [-0.2, 0) is 16.0 Å². The van der Waals surface area contributed by atoms with Crippen molar-refractivity contribution in [2.75, 3.05) is 32.7 Å². The predicted molar refractivity (Wildman–Crippen MR) is 118 cm³/mol. The molecule has 0 spiro atoms. The Hall–Kier alpha value is -0.850. The zero-order valence-corrected chi connectivity index (χ0v) is 18.6. The van der Waals surface area contributed by atoms with Crippen LogP contribution < -0.4 is 5.73 Å². The lowest BCUT2D eigenvalue weighted by atomic mass is 9.94. The predicted octanol–water partition coefficient (Wildman–Crippen LogP) is 2.75. The molecule has 2 saturated heterocycles. The quantitative estimate of drug-likeness (QED) is 0.778. The van der Waals surface area contributed by atoms with Gasteiger partial charge in [-0.15, -0.1) is 24.8 Å². The standard InChI is InChI=1S/C21H33N3O2.2ClH/c1-16-13-23(14-17(2)26-16)15-19-8-10-24(11-9-19)21(25)20(22)12-18-6-4-3-5-7-18;;/h3-7,16-17,19-20H,8-15,22H2,1-2H3;2*1H. The van der Waals surface area contributed by atoms with E-state index in [-0.39, 0.29) is 30.7 Å². The summed E-state index contributed by atoms with van der Waals surface area (Å²) in [6, 6.07) is 9.59. The molecule has 2 fully saturated rings. The monoisotopic (exact) mass is 431 g/mol. The average Bonchev–Trinajstić information content (AvgIpc) is 2.62. The summed E-state index contributed by atoms with van der Waals surface area (Å²) in [5.74, 6) is 0.766. The molecule has 28 heavy (non-hydrogen) atoms. The number of carbonyl (C=O) groups is 1. The van der Waals surface area contributed by atoms with Gasteiger partial charge in [-0.3, -0.25) is 9.69 Å². The molecule has 0 aromatic heterocycles. The zero-order chi connectivity index (χ0) is 18.5. The molecule has 2 aliphatic rings. The molecule has 0 saturated carbocycles. The van der Waals surface area contributed by atoms with Crippen molar-refractivity contribution < 1.29 is 9.53 Å². The van der Waals surface area contributed by atoms with E-state index in [1.165, 1.54) is 0 Å². The lowest BCUT2D eigenvalue weighted by molar-refractivity contribution is -0.134. The number of benzene rings is 1. The fourth-order valence-corrected chi connectivity index (χ4v) is 4.32. The first kappa shape index (κ1) is 25.2. The second-order valence-electron chi connectivity index (χ2n) is 8.04. The number of likely N-dealkylation sites (tertiary alicyclic amines) is 1. The number of hydrogen-bond donors (Lipinski definition) is 1. The third-order valence-corrected chi connectivity index (χ3v) is 5.55.